The van der Waals surface area contributed by atoms with Gasteiger partial charge in [-0.3, -0.25) is 14.4 Å². The zero-order chi connectivity index (χ0) is 14.3. The summed E-state index contributed by atoms with van der Waals surface area (Å²) >= 11 is 0. The molecule has 0 rings (SSSR count). The fourth-order valence-electron chi connectivity index (χ4n) is 1.30. The van der Waals surface area contributed by atoms with Crippen LogP contribution in [0.2, 0.25) is 0 Å². The SMILES string of the molecule is CC(C)C[C@H](N)C(=O)COC(=O)[C@@H](N)CC(N)=O.Cl. The summed E-state index contributed by atoms with van der Waals surface area (Å²) in [5.74, 6) is -1.64. The van der Waals surface area contributed by atoms with Gasteiger partial charge in [-0.05, 0) is 12.3 Å². The third-order valence-corrected chi connectivity index (χ3v) is 2.22. The molecule has 0 unspecified atom stereocenters. The molecule has 8 heteroatoms. The topological polar surface area (TPSA) is 138 Å². The first kappa shape index (κ1) is 20.1. The molecule has 0 radical (unpaired) electrons. The number of amides is 1. The van der Waals surface area contributed by atoms with Gasteiger partial charge in [-0.25, -0.2) is 0 Å². The zero-order valence-corrected chi connectivity index (χ0v) is 11.9. The van der Waals surface area contributed by atoms with Crippen LogP contribution in [0, 0.1) is 5.92 Å². The average Bonchev–Trinajstić information content (AvgIpc) is 2.23. The number of hydrogen-bond donors (Lipinski definition) is 3. The number of ether oxygens (including phenoxy) is 1. The van der Waals surface area contributed by atoms with Gasteiger partial charge in [0.05, 0.1) is 12.5 Å². The first-order valence-electron chi connectivity index (χ1n) is 5.72. The second kappa shape index (κ2) is 9.71. The lowest BCUT2D eigenvalue weighted by Crippen LogP contribution is -2.40. The maximum atomic E-state index is 11.5. The van der Waals surface area contributed by atoms with Crippen molar-refractivity contribution in [1.82, 2.24) is 0 Å². The molecular formula is C11H22ClN3O4. The van der Waals surface area contributed by atoms with Crippen molar-refractivity contribution >= 4 is 30.1 Å². The predicted octanol–water partition coefficient (Wildman–Crippen LogP) is -0.903. The van der Waals surface area contributed by atoms with Gasteiger partial charge < -0.3 is 21.9 Å². The highest BCUT2D eigenvalue weighted by molar-refractivity contribution is 5.89. The Kier molecular flexibility index (Phi) is 10.3. The van der Waals surface area contributed by atoms with Gasteiger partial charge in [-0.2, -0.15) is 0 Å². The van der Waals surface area contributed by atoms with Crippen LogP contribution in [0.3, 0.4) is 0 Å². The Morgan fingerprint density at radius 1 is 1.11 bits per heavy atom. The lowest BCUT2D eigenvalue weighted by molar-refractivity contribution is -0.150. The molecule has 0 heterocycles. The lowest BCUT2D eigenvalue weighted by Gasteiger charge is -2.14. The number of rotatable bonds is 8. The largest absolute Gasteiger partial charge is 0.456 e. The van der Waals surface area contributed by atoms with Crippen molar-refractivity contribution in [3.8, 4) is 0 Å². The van der Waals surface area contributed by atoms with E-state index in [1.54, 1.807) is 0 Å². The van der Waals surface area contributed by atoms with E-state index >= 15 is 0 Å². The number of carbonyl (C=O) groups excluding carboxylic acids is 3. The maximum absolute atomic E-state index is 11.5. The zero-order valence-electron chi connectivity index (χ0n) is 11.1. The summed E-state index contributed by atoms with van der Waals surface area (Å²) in [6, 6.07) is -1.80. The number of halogens is 1. The molecule has 7 nitrogen and oxygen atoms in total. The Morgan fingerprint density at radius 2 is 1.63 bits per heavy atom. The molecule has 0 aliphatic carbocycles. The van der Waals surface area contributed by atoms with E-state index in [0.717, 1.165) is 0 Å². The minimum absolute atomic E-state index is 0. The summed E-state index contributed by atoms with van der Waals surface area (Å²) in [7, 11) is 0. The van der Waals surface area contributed by atoms with Gasteiger partial charge in [0.15, 0.2) is 12.4 Å². The van der Waals surface area contributed by atoms with Crippen molar-refractivity contribution in [2.45, 2.75) is 38.8 Å². The molecule has 0 aromatic heterocycles. The van der Waals surface area contributed by atoms with E-state index in [2.05, 4.69) is 4.74 Å². The summed E-state index contributed by atoms with van der Waals surface area (Å²) in [5.41, 5.74) is 15.8. The van der Waals surface area contributed by atoms with Gasteiger partial charge in [0.1, 0.15) is 6.04 Å². The fourth-order valence-corrected chi connectivity index (χ4v) is 1.30. The molecule has 6 N–H and O–H groups in total. The minimum atomic E-state index is -1.14. The van der Waals surface area contributed by atoms with Crippen LogP contribution in [0.1, 0.15) is 26.7 Å². The van der Waals surface area contributed by atoms with Crippen LogP contribution < -0.4 is 17.2 Å². The van der Waals surface area contributed by atoms with E-state index in [4.69, 9.17) is 17.2 Å². The van der Waals surface area contributed by atoms with Crippen molar-refractivity contribution in [3.05, 3.63) is 0 Å². The van der Waals surface area contributed by atoms with Crippen molar-refractivity contribution < 1.29 is 19.1 Å². The monoisotopic (exact) mass is 295 g/mol. The summed E-state index contributed by atoms with van der Waals surface area (Å²) in [6.45, 7) is 3.43. The molecule has 0 fully saturated rings. The quantitative estimate of drug-likeness (QED) is 0.496. The van der Waals surface area contributed by atoms with Gasteiger partial charge in [0, 0.05) is 0 Å². The number of primary amides is 1. The van der Waals surface area contributed by atoms with E-state index in [1.165, 1.54) is 0 Å². The van der Waals surface area contributed by atoms with Gasteiger partial charge in [0.25, 0.3) is 0 Å². The molecule has 112 valence electrons. The van der Waals surface area contributed by atoms with E-state index in [1.807, 2.05) is 13.8 Å². The van der Waals surface area contributed by atoms with E-state index in [0.29, 0.717) is 6.42 Å². The van der Waals surface area contributed by atoms with Crippen molar-refractivity contribution in [2.75, 3.05) is 6.61 Å². The second-order valence-corrected chi connectivity index (χ2v) is 4.59. The Bertz CT molecular complexity index is 323. The molecule has 0 bridgehead atoms. The molecule has 0 saturated carbocycles. The summed E-state index contributed by atoms with van der Waals surface area (Å²) in [5, 5.41) is 0. The highest BCUT2D eigenvalue weighted by atomic mass is 35.5. The third kappa shape index (κ3) is 9.40. The van der Waals surface area contributed by atoms with Crippen LogP contribution in [-0.4, -0.2) is 36.4 Å². The number of Topliss-reactive ketones (excluding diaryl/α,β-unsaturated/α-hetero) is 1. The van der Waals surface area contributed by atoms with E-state index < -0.39 is 30.6 Å². The number of nitrogens with two attached hydrogens (primary N) is 3. The Hall–Kier alpha value is -1.18. The first-order valence-corrected chi connectivity index (χ1v) is 5.72. The van der Waals surface area contributed by atoms with E-state index in [9.17, 15) is 14.4 Å². The van der Waals surface area contributed by atoms with Gasteiger partial charge in [-0.15, -0.1) is 12.4 Å². The summed E-state index contributed by atoms with van der Waals surface area (Å²) < 4.78 is 4.67. The first-order chi connectivity index (χ1) is 8.23. The highest BCUT2D eigenvalue weighted by Gasteiger charge is 2.21. The normalized spacial score (nSPS) is 13.3. The standard InChI is InChI=1S/C11H21N3O4.ClH/c1-6(2)3-7(12)9(15)5-18-11(17)8(13)4-10(14)16;/h6-8H,3-5,12-13H2,1-2H3,(H2,14,16);1H/t7-,8-;/m0./s1. The molecule has 0 spiro atoms. The number of hydrogen-bond acceptors (Lipinski definition) is 6. The molecule has 2 atom stereocenters. The van der Waals surface area contributed by atoms with Crippen LogP contribution in [0.25, 0.3) is 0 Å². The molecule has 0 aliphatic rings. The van der Waals surface area contributed by atoms with Crippen molar-refractivity contribution in [1.29, 1.82) is 0 Å². The average molecular weight is 296 g/mol. The van der Waals surface area contributed by atoms with Gasteiger partial charge in [0.2, 0.25) is 5.91 Å². The Balaban J connectivity index is 0. The molecular weight excluding hydrogens is 274 g/mol. The molecule has 0 saturated heterocycles. The van der Waals surface area contributed by atoms with Crippen LogP contribution in [-0.2, 0) is 19.1 Å². The van der Waals surface area contributed by atoms with Gasteiger partial charge >= 0.3 is 5.97 Å². The van der Waals surface area contributed by atoms with Crippen molar-refractivity contribution in [3.63, 3.8) is 0 Å². The molecule has 1 amide bonds. The third-order valence-electron chi connectivity index (χ3n) is 2.22. The second-order valence-electron chi connectivity index (χ2n) is 4.59. The molecule has 0 aliphatic heterocycles. The van der Waals surface area contributed by atoms with Crippen LogP contribution in [0.5, 0.6) is 0 Å². The number of esters is 1. The smallest absolute Gasteiger partial charge is 0.323 e. The minimum Gasteiger partial charge on any atom is -0.456 e. The number of carbonyl (C=O) groups is 3. The predicted molar refractivity (Wildman–Crippen MR) is 72.4 cm³/mol. The number of ketones is 1. The maximum Gasteiger partial charge on any atom is 0.323 e. The van der Waals surface area contributed by atoms with E-state index in [-0.39, 0.29) is 30.5 Å². The van der Waals surface area contributed by atoms with Crippen LogP contribution >= 0.6 is 12.4 Å². The highest BCUT2D eigenvalue weighted by Crippen LogP contribution is 2.04. The molecule has 0 aromatic carbocycles. The summed E-state index contributed by atoms with van der Waals surface area (Å²) in [4.78, 5) is 33.3. The molecule has 19 heavy (non-hydrogen) atoms. The van der Waals surface area contributed by atoms with Crippen LogP contribution in [0.15, 0.2) is 0 Å². The fraction of sp³-hybridized carbons (Fsp3) is 0.727. The van der Waals surface area contributed by atoms with Crippen molar-refractivity contribution in [2.24, 2.45) is 23.1 Å². The lowest BCUT2D eigenvalue weighted by atomic mass is 10.0. The Morgan fingerprint density at radius 3 is 2.05 bits per heavy atom. The van der Waals surface area contributed by atoms with Crippen LogP contribution in [0.4, 0.5) is 0 Å². The summed E-state index contributed by atoms with van der Waals surface area (Å²) in [6.07, 6.45) is 0.203. The Labute approximate surface area is 118 Å². The van der Waals surface area contributed by atoms with Gasteiger partial charge in [-0.1, -0.05) is 13.8 Å². The molecule has 0 aromatic rings.